The Hall–Kier alpha value is -3.03. The number of hydrogen-bond donors (Lipinski definition) is 2. The largest absolute Gasteiger partial charge is 0.493 e. The molecule has 21 heavy (non-hydrogen) atoms. The van der Waals surface area contributed by atoms with Crippen molar-refractivity contribution in [2.24, 2.45) is 0 Å². The maximum Gasteiger partial charge on any atom is 0.311 e. The van der Waals surface area contributed by atoms with Crippen LogP contribution in [-0.2, 0) is 0 Å². The van der Waals surface area contributed by atoms with E-state index in [1.54, 1.807) is 18.2 Å². The minimum absolute atomic E-state index is 0.0622. The number of nitrogens with two attached hydrogens (primary N) is 1. The van der Waals surface area contributed by atoms with E-state index in [0.717, 1.165) is 0 Å². The maximum atomic E-state index is 11.0. The second kappa shape index (κ2) is 5.95. The number of benzene rings is 1. The number of aromatic nitrogens is 1. The summed E-state index contributed by atoms with van der Waals surface area (Å²) in [6, 6.07) is 7.69. The van der Waals surface area contributed by atoms with Crippen LogP contribution in [0.1, 0.15) is 0 Å². The van der Waals surface area contributed by atoms with Crippen LogP contribution in [0.15, 0.2) is 30.3 Å². The number of anilines is 3. The van der Waals surface area contributed by atoms with E-state index in [-0.39, 0.29) is 17.3 Å². The summed E-state index contributed by atoms with van der Waals surface area (Å²) in [6.07, 6.45) is 0. The average Bonchev–Trinajstić information content (AvgIpc) is 2.46. The van der Waals surface area contributed by atoms with E-state index in [0.29, 0.717) is 17.2 Å². The van der Waals surface area contributed by atoms with Gasteiger partial charge in [0, 0.05) is 17.8 Å². The highest BCUT2D eigenvalue weighted by atomic mass is 16.6. The van der Waals surface area contributed by atoms with Crippen molar-refractivity contribution in [1.82, 2.24) is 4.98 Å². The van der Waals surface area contributed by atoms with E-state index < -0.39 is 4.92 Å². The topological polar surface area (TPSA) is 113 Å². The molecule has 0 aliphatic carbocycles. The molecule has 0 fully saturated rings. The normalized spacial score (nSPS) is 10.0. The van der Waals surface area contributed by atoms with Crippen LogP contribution >= 0.6 is 0 Å². The minimum Gasteiger partial charge on any atom is -0.493 e. The van der Waals surface area contributed by atoms with Crippen LogP contribution in [0.5, 0.6) is 11.5 Å². The Balaban J connectivity index is 2.38. The van der Waals surface area contributed by atoms with Gasteiger partial charge in [0.2, 0.25) is 5.82 Å². The third-order valence-corrected chi connectivity index (χ3v) is 2.74. The highest BCUT2D eigenvalue weighted by Gasteiger charge is 2.16. The third-order valence-electron chi connectivity index (χ3n) is 2.74. The number of rotatable bonds is 5. The number of hydrogen-bond acceptors (Lipinski definition) is 7. The maximum absolute atomic E-state index is 11.0. The predicted molar refractivity (Wildman–Crippen MR) is 78.1 cm³/mol. The first kappa shape index (κ1) is 14.4. The molecular formula is C13H14N4O4. The predicted octanol–water partition coefficient (Wildman–Crippen LogP) is 2.33. The summed E-state index contributed by atoms with van der Waals surface area (Å²) < 4.78 is 10.3. The van der Waals surface area contributed by atoms with E-state index in [9.17, 15) is 10.1 Å². The van der Waals surface area contributed by atoms with E-state index in [2.05, 4.69) is 10.3 Å². The molecule has 1 heterocycles. The second-order valence-corrected chi connectivity index (χ2v) is 4.06. The Morgan fingerprint density at radius 3 is 2.52 bits per heavy atom. The lowest BCUT2D eigenvalue weighted by atomic mass is 10.2. The summed E-state index contributed by atoms with van der Waals surface area (Å²) in [4.78, 5) is 14.4. The van der Waals surface area contributed by atoms with Gasteiger partial charge in [-0.25, -0.2) is 4.98 Å². The van der Waals surface area contributed by atoms with E-state index in [1.165, 1.54) is 26.4 Å². The van der Waals surface area contributed by atoms with Crippen molar-refractivity contribution in [3.8, 4) is 11.5 Å². The monoisotopic (exact) mass is 290 g/mol. The van der Waals surface area contributed by atoms with Gasteiger partial charge in [0.15, 0.2) is 11.5 Å². The first-order chi connectivity index (χ1) is 10.0. The molecular weight excluding hydrogens is 276 g/mol. The Labute approximate surface area is 120 Å². The Morgan fingerprint density at radius 1 is 1.19 bits per heavy atom. The molecule has 1 aromatic carbocycles. The summed E-state index contributed by atoms with van der Waals surface area (Å²) in [7, 11) is 3.03. The zero-order chi connectivity index (χ0) is 15.4. The van der Waals surface area contributed by atoms with Crippen LogP contribution in [0.3, 0.4) is 0 Å². The highest BCUT2D eigenvalue weighted by Crippen LogP contribution is 2.32. The highest BCUT2D eigenvalue weighted by molar-refractivity contribution is 5.69. The Morgan fingerprint density at radius 2 is 1.90 bits per heavy atom. The van der Waals surface area contributed by atoms with Gasteiger partial charge in [0.25, 0.3) is 0 Å². The Bertz CT molecular complexity index is 675. The van der Waals surface area contributed by atoms with Gasteiger partial charge in [-0.2, -0.15) is 0 Å². The van der Waals surface area contributed by atoms with Crippen molar-refractivity contribution in [2.45, 2.75) is 0 Å². The zero-order valence-electron chi connectivity index (χ0n) is 11.5. The smallest absolute Gasteiger partial charge is 0.311 e. The molecule has 0 saturated heterocycles. The lowest BCUT2D eigenvalue weighted by Crippen LogP contribution is -2.02. The standard InChI is InChI=1S/C13H14N4O4/c1-20-10-5-3-8(7-11(10)21-2)15-13-9(17(18)19)4-6-12(14)16-13/h3-7H,1-2H3,(H3,14,15,16). The molecule has 0 bridgehead atoms. The molecule has 0 aliphatic heterocycles. The number of ether oxygens (including phenoxy) is 2. The van der Waals surface area contributed by atoms with Crippen molar-refractivity contribution >= 4 is 23.0 Å². The summed E-state index contributed by atoms with van der Waals surface area (Å²) in [5.74, 6) is 1.29. The van der Waals surface area contributed by atoms with Crippen LogP contribution in [0.2, 0.25) is 0 Å². The molecule has 8 nitrogen and oxygen atoms in total. The summed E-state index contributed by atoms with van der Waals surface area (Å²) in [5, 5.41) is 13.8. The average molecular weight is 290 g/mol. The number of pyridine rings is 1. The SMILES string of the molecule is COc1ccc(Nc2nc(N)ccc2[N+](=O)[O-])cc1OC. The van der Waals surface area contributed by atoms with Gasteiger partial charge in [-0.3, -0.25) is 10.1 Å². The van der Waals surface area contributed by atoms with Crippen molar-refractivity contribution < 1.29 is 14.4 Å². The fourth-order valence-electron chi connectivity index (χ4n) is 1.76. The van der Waals surface area contributed by atoms with Crippen LogP contribution in [-0.4, -0.2) is 24.1 Å². The Kier molecular flexibility index (Phi) is 4.07. The van der Waals surface area contributed by atoms with E-state index >= 15 is 0 Å². The molecule has 2 rings (SSSR count). The van der Waals surface area contributed by atoms with Crippen molar-refractivity contribution in [2.75, 3.05) is 25.3 Å². The quantitative estimate of drug-likeness (QED) is 0.641. The van der Waals surface area contributed by atoms with Crippen LogP contribution in [0.4, 0.5) is 23.0 Å². The van der Waals surface area contributed by atoms with Gasteiger partial charge >= 0.3 is 5.69 Å². The van der Waals surface area contributed by atoms with Crippen LogP contribution < -0.4 is 20.5 Å². The lowest BCUT2D eigenvalue weighted by molar-refractivity contribution is -0.384. The first-order valence-corrected chi connectivity index (χ1v) is 5.95. The minimum atomic E-state index is -0.532. The van der Waals surface area contributed by atoms with Crippen LogP contribution in [0, 0.1) is 10.1 Å². The molecule has 0 aliphatic rings. The number of nitrogens with one attached hydrogen (secondary N) is 1. The molecule has 2 aromatic rings. The van der Waals surface area contributed by atoms with Gasteiger partial charge in [-0.15, -0.1) is 0 Å². The van der Waals surface area contributed by atoms with Crippen LogP contribution in [0.25, 0.3) is 0 Å². The first-order valence-electron chi connectivity index (χ1n) is 5.95. The van der Waals surface area contributed by atoms with Crippen molar-refractivity contribution in [3.05, 3.63) is 40.4 Å². The van der Waals surface area contributed by atoms with Crippen molar-refractivity contribution in [1.29, 1.82) is 0 Å². The number of nitrogens with zero attached hydrogens (tertiary/aromatic N) is 2. The molecule has 0 amide bonds. The summed E-state index contributed by atoms with van der Waals surface area (Å²) in [6.45, 7) is 0. The molecule has 1 aromatic heterocycles. The van der Waals surface area contributed by atoms with E-state index in [4.69, 9.17) is 15.2 Å². The van der Waals surface area contributed by atoms with Gasteiger partial charge in [-0.05, 0) is 18.2 Å². The molecule has 0 atom stereocenters. The zero-order valence-corrected chi connectivity index (χ0v) is 11.5. The second-order valence-electron chi connectivity index (χ2n) is 4.06. The molecule has 0 unspecified atom stereocenters. The van der Waals surface area contributed by atoms with Crippen molar-refractivity contribution in [3.63, 3.8) is 0 Å². The number of nitro groups is 1. The molecule has 8 heteroatoms. The summed E-state index contributed by atoms with van der Waals surface area (Å²) in [5.41, 5.74) is 5.96. The third kappa shape index (κ3) is 3.11. The fraction of sp³-hybridized carbons (Fsp3) is 0.154. The number of methoxy groups -OCH3 is 2. The van der Waals surface area contributed by atoms with Gasteiger partial charge in [-0.1, -0.05) is 0 Å². The molecule has 0 radical (unpaired) electrons. The summed E-state index contributed by atoms with van der Waals surface area (Å²) >= 11 is 0. The van der Waals surface area contributed by atoms with E-state index in [1.807, 2.05) is 0 Å². The van der Waals surface area contributed by atoms with Gasteiger partial charge < -0.3 is 20.5 Å². The lowest BCUT2D eigenvalue weighted by Gasteiger charge is -2.11. The molecule has 0 spiro atoms. The number of nitrogen functional groups attached to an aromatic ring is 1. The molecule has 0 saturated carbocycles. The molecule has 110 valence electrons. The van der Waals surface area contributed by atoms with Gasteiger partial charge in [0.05, 0.1) is 19.1 Å². The molecule has 3 N–H and O–H groups in total. The fourth-order valence-corrected chi connectivity index (χ4v) is 1.76. The van der Waals surface area contributed by atoms with Gasteiger partial charge in [0.1, 0.15) is 5.82 Å².